The zero-order valence-electron chi connectivity index (χ0n) is 10.8. The lowest BCUT2D eigenvalue weighted by Gasteiger charge is -2.06. The van der Waals surface area contributed by atoms with E-state index in [1.54, 1.807) is 0 Å². The third kappa shape index (κ3) is 4.56. The summed E-state index contributed by atoms with van der Waals surface area (Å²) in [4.78, 5) is 14.3. The van der Waals surface area contributed by atoms with Crippen molar-refractivity contribution >= 4 is 11.9 Å². The number of esters is 1. The van der Waals surface area contributed by atoms with Crippen LogP contribution >= 0.6 is 0 Å². The number of hydrogen-bond donors (Lipinski definition) is 6. The number of unbranched alkanes of at least 4 members (excludes halogenated alkanes) is 1. The first kappa shape index (κ1) is 15.4. The molecule has 20 heavy (non-hydrogen) atoms. The number of benzene rings is 1. The Bertz CT molecular complexity index is 489. The highest BCUT2D eigenvalue weighted by Crippen LogP contribution is 2.35. The zero-order valence-corrected chi connectivity index (χ0v) is 10.8. The summed E-state index contributed by atoms with van der Waals surface area (Å²) in [5.41, 5.74) is 10.4. The van der Waals surface area contributed by atoms with E-state index in [2.05, 4.69) is 4.99 Å². The summed E-state index contributed by atoms with van der Waals surface area (Å²) in [6.45, 7) is 0.744. The molecule has 0 radical (unpaired) electrons. The highest BCUT2D eigenvalue weighted by atomic mass is 16.5. The lowest BCUT2D eigenvalue weighted by molar-refractivity contribution is -0.459. The van der Waals surface area contributed by atoms with Crippen LogP contribution in [0.3, 0.4) is 0 Å². The van der Waals surface area contributed by atoms with Gasteiger partial charge in [0, 0.05) is 0 Å². The van der Waals surface area contributed by atoms with Crippen LogP contribution in [0.1, 0.15) is 23.2 Å². The van der Waals surface area contributed by atoms with Crippen LogP contribution in [0.4, 0.5) is 0 Å². The molecule has 8 nitrogen and oxygen atoms in total. The van der Waals surface area contributed by atoms with E-state index >= 15 is 0 Å². The summed E-state index contributed by atoms with van der Waals surface area (Å²) < 4.78 is 4.95. The topological polar surface area (TPSA) is 153 Å². The van der Waals surface area contributed by atoms with Gasteiger partial charge >= 0.3 is 11.9 Å². The standard InChI is InChI=1S/C12H17N3O5/c13-12(14)15-3-1-2-4-20-11(19)7-5-8(16)10(18)9(17)6-7/h5-6,16-18H,1-4H2,(H4,13,14,15)/p+1. The molecule has 0 bridgehead atoms. The minimum absolute atomic E-state index is 0.0459. The van der Waals surface area contributed by atoms with Gasteiger partial charge in [-0.15, -0.1) is 0 Å². The van der Waals surface area contributed by atoms with Crippen LogP contribution in [0, 0.1) is 0 Å². The molecule has 8 heteroatoms. The number of ether oxygens (including phenoxy) is 1. The number of phenolic OH excluding ortho intramolecular Hbond substituents is 3. The number of rotatable bonds is 6. The molecule has 1 aromatic carbocycles. The lowest BCUT2D eigenvalue weighted by Crippen LogP contribution is -2.78. The monoisotopic (exact) mass is 284 g/mol. The number of hydrogen-bond acceptors (Lipinski definition) is 5. The number of aromatic hydroxyl groups is 3. The van der Waals surface area contributed by atoms with Gasteiger partial charge in [-0.3, -0.25) is 16.5 Å². The largest absolute Gasteiger partial charge is 0.504 e. The van der Waals surface area contributed by atoms with Crippen LogP contribution in [-0.4, -0.2) is 40.4 Å². The average Bonchev–Trinajstić information content (AvgIpc) is 2.38. The van der Waals surface area contributed by atoms with Gasteiger partial charge in [0.15, 0.2) is 17.2 Å². The van der Waals surface area contributed by atoms with Crippen molar-refractivity contribution in [3.8, 4) is 17.2 Å². The maximum Gasteiger partial charge on any atom is 0.338 e. The van der Waals surface area contributed by atoms with Crippen molar-refractivity contribution in [2.45, 2.75) is 12.8 Å². The van der Waals surface area contributed by atoms with Crippen molar-refractivity contribution in [2.24, 2.45) is 11.5 Å². The molecule has 8 N–H and O–H groups in total. The molecule has 0 saturated carbocycles. The van der Waals surface area contributed by atoms with Gasteiger partial charge in [0.2, 0.25) is 0 Å². The molecule has 0 atom stereocenters. The van der Waals surface area contributed by atoms with Crippen LogP contribution in [0.5, 0.6) is 17.2 Å². The number of nitrogens with two attached hydrogens (primary N) is 2. The van der Waals surface area contributed by atoms with Crippen LogP contribution in [0.15, 0.2) is 12.1 Å². The third-order valence-electron chi connectivity index (χ3n) is 2.44. The van der Waals surface area contributed by atoms with E-state index in [1.807, 2.05) is 0 Å². The summed E-state index contributed by atoms with van der Waals surface area (Å²) in [5.74, 6) is -2.42. The van der Waals surface area contributed by atoms with Crippen LogP contribution in [-0.2, 0) is 4.74 Å². The predicted octanol–water partition coefficient (Wildman–Crippen LogP) is -1.91. The second-order valence-corrected chi connectivity index (χ2v) is 4.09. The molecule has 0 spiro atoms. The minimum Gasteiger partial charge on any atom is -0.504 e. The quantitative estimate of drug-likeness (QED) is 0.117. The van der Waals surface area contributed by atoms with E-state index in [0.717, 1.165) is 12.1 Å². The zero-order chi connectivity index (χ0) is 15.1. The van der Waals surface area contributed by atoms with E-state index in [4.69, 9.17) is 21.3 Å². The lowest BCUT2D eigenvalue weighted by atomic mass is 10.2. The fourth-order valence-corrected chi connectivity index (χ4v) is 1.43. The second kappa shape index (κ2) is 7.07. The number of nitrogens with one attached hydrogen (secondary N) is 1. The number of guanidine groups is 1. The molecule has 1 aromatic rings. The molecule has 0 aromatic heterocycles. The third-order valence-corrected chi connectivity index (χ3v) is 2.44. The van der Waals surface area contributed by atoms with E-state index in [1.165, 1.54) is 0 Å². The van der Waals surface area contributed by atoms with Crippen LogP contribution in [0.2, 0.25) is 0 Å². The van der Waals surface area contributed by atoms with Crippen molar-refractivity contribution in [1.29, 1.82) is 0 Å². The first-order valence-corrected chi connectivity index (χ1v) is 5.95. The van der Waals surface area contributed by atoms with Crippen molar-refractivity contribution in [3.63, 3.8) is 0 Å². The summed E-state index contributed by atoms with van der Waals surface area (Å²) in [6, 6.07) is 2.03. The number of phenols is 3. The maximum absolute atomic E-state index is 11.6. The molecular formula is C12H18N3O5+. The van der Waals surface area contributed by atoms with Gasteiger partial charge < -0.3 is 20.1 Å². The van der Waals surface area contributed by atoms with Gasteiger partial charge in [0.25, 0.3) is 0 Å². The van der Waals surface area contributed by atoms with Gasteiger partial charge in [0.05, 0.1) is 18.7 Å². The Hall–Kier alpha value is -2.64. The molecular weight excluding hydrogens is 266 g/mol. The molecule has 0 aliphatic heterocycles. The Morgan fingerprint density at radius 3 is 2.30 bits per heavy atom. The SMILES string of the molecule is NC(N)=[NH+]CCCCOC(=O)c1cc(O)c(O)c(O)c1. The Morgan fingerprint density at radius 2 is 1.75 bits per heavy atom. The van der Waals surface area contributed by atoms with Gasteiger partial charge in [-0.25, -0.2) is 4.79 Å². The minimum atomic E-state index is -0.700. The Kier molecular flexibility index (Phi) is 5.45. The van der Waals surface area contributed by atoms with E-state index in [-0.39, 0.29) is 18.1 Å². The van der Waals surface area contributed by atoms with E-state index < -0.39 is 23.2 Å². The molecule has 110 valence electrons. The fraction of sp³-hybridized carbons (Fsp3) is 0.333. The Labute approximate surface area is 115 Å². The van der Waals surface area contributed by atoms with Gasteiger partial charge in [0.1, 0.15) is 0 Å². The van der Waals surface area contributed by atoms with Crippen LogP contribution < -0.4 is 16.5 Å². The molecule has 0 unspecified atom stereocenters. The van der Waals surface area contributed by atoms with Crippen molar-refractivity contribution < 1.29 is 29.8 Å². The smallest absolute Gasteiger partial charge is 0.338 e. The van der Waals surface area contributed by atoms with Crippen molar-refractivity contribution in [3.05, 3.63) is 17.7 Å². The first-order valence-electron chi connectivity index (χ1n) is 5.95. The van der Waals surface area contributed by atoms with E-state index in [0.29, 0.717) is 19.4 Å². The second-order valence-electron chi connectivity index (χ2n) is 4.09. The highest BCUT2D eigenvalue weighted by molar-refractivity contribution is 5.91. The van der Waals surface area contributed by atoms with Gasteiger partial charge in [-0.1, -0.05) is 0 Å². The summed E-state index contributed by atoms with van der Waals surface area (Å²) in [5, 5.41) is 27.7. The fourth-order valence-electron chi connectivity index (χ4n) is 1.43. The van der Waals surface area contributed by atoms with Gasteiger partial charge in [-0.2, -0.15) is 0 Å². The maximum atomic E-state index is 11.6. The predicted molar refractivity (Wildman–Crippen MR) is 70.2 cm³/mol. The van der Waals surface area contributed by atoms with Crippen LogP contribution in [0.25, 0.3) is 0 Å². The number of carbonyl (C=O) groups is 1. The summed E-state index contributed by atoms with van der Waals surface area (Å²) >= 11 is 0. The van der Waals surface area contributed by atoms with Crippen molar-refractivity contribution in [1.82, 2.24) is 0 Å². The summed E-state index contributed by atoms with van der Waals surface area (Å²) in [6.07, 6.45) is 1.30. The van der Waals surface area contributed by atoms with Gasteiger partial charge in [-0.05, 0) is 25.0 Å². The summed E-state index contributed by atoms with van der Waals surface area (Å²) in [7, 11) is 0. The molecule has 0 fully saturated rings. The molecule has 0 aliphatic carbocycles. The highest BCUT2D eigenvalue weighted by Gasteiger charge is 2.14. The molecule has 0 heterocycles. The molecule has 1 rings (SSSR count). The first-order chi connectivity index (χ1) is 9.41. The van der Waals surface area contributed by atoms with E-state index in [9.17, 15) is 15.0 Å². The molecule has 0 saturated heterocycles. The normalized spacial score (nSPS) is 10.0. The molecule has 0 aliphatic rings. The Morgan fingerprint density at radius 1 is 1.15 bits per heavy atom. The average molecular weight is 284 g/mol. The number of carbonyl (C=O) groups excluding carboxylic acids is 1. The Balaban J connectivity index is 2.42. The van der Waals surface area contributed by atoms with Crippen molar-refractivity contribution in [2.75, 3.05) is 13.2 Å². The molecule has 0 amide bonds.